The zero-order valence-corrected chi connectivity index (χ0v) is 15.7. The van der Waals surface area contributed by atoms with Gasteiger partial charge in [0.15, 0.2) is 18.1 Å². The van der Waals surface area contributed by atoms with E-state index in [9.17, 15) is 4.79 Å². The van der Waals surface area contributed by atoms with Gasteiger partial charge in [-0.2, -0.15) is 4.98 Å². The van der Waals surface area contributed by atoms with Gasteiger partial charge in [-0.25, -0.2) is 0 Å². The smallest absolute Gasteiger partial charge is 0.258 e. The largest absolute Gasteiger partial charge is 0.493 e. The SMILES string of the molecule is COCCNC(=O)COc1ccc(-c2noc(-c3ccccc3)n2)cc1OC. The Morgan fingerprint density at radius 3 is 2.64 bits per heavy atom. The van der Waals surface area contributed by atoms with Crippen molar-refractivity contribution in [2.75, 3.05) is 34.0 Å². The van der Waals surface area contributed by atoms with Crippen molar-refractivity contribution >= 4 is 5.91 Å². The van der Waals surface area contributed by atoms with Crippen molar-refractivity contribution in [1.29, 1.82) is 0 Å². The van der Waals surface area contributed by atoms with Crippen LogP contribution in [0.3, 0.4) is 0 Å². The lowest BCUT2D eigenvalue weighted by Gasteiger charge is -2.11. The number of hydrogen-bond donors (Lipinski definition) is 1. The first-order valence-electron chi connectivity index (χ1n) is 8.67. The summed E-state index contributed by atoms with van der Waals surface area (Å²) in [5.41, 5.74) is 1.55. The number of hydrogen-bond acceptors (Lipinski definition) is 7. The highest BCUT2D eigenvalue weighted by Crippen LogP contribution is 2.32. The summed E-state index contributed by atoms with van der Waals surface area (Å²) >= 11 is 0. The topological polar surface area (TPSA) is 95.7 Å². The molecule has 1 aromatic heterocycles. The van der Waals surface area contributed by atoms with Gasteiger partial charge in [0, 0.05) is 24.8 Å². The number of ether oxygens (including phenoxy) is 3. The summed E-state index contributed by atoms with van der Waals surface area (Å²) in [6.45, 7) is 0.746. The van der Waals surface area contributed by atoms with Crippen LogP contribution in [0.1, 0.15) is 0 Å². The Morgan fingerprint density at radius 1 is 1.07 bits per heavy atom. The molecule has 3 rings (SSSR count). The fourth-order valence-electron chi connectivity index (χ4n) is 2.45. The predicted octanol–water partition coefficient (Wildman–Crippen LogP) is 2.55. The van der Waals surface area contributed by atoms with E-state index >= 15 is 0 Å². The molecule has 8 nitrogen and oxygen atoms in total. The number of benzene rings is 2. The fourth-order valence-corrected chi connectivity index (χ4v) is 2.45. The molecule has 0 bridgehead atoms. The van der Waals surface area contributed by atoms with Gasteiger partial charge in [-0.05, 0) is 30.3 Å². The van der Waals surface area contributed by atoms with Crippen molar-refractivity contribution in [3.63, 3.8) is 0 Å². The molecule has 1 heterocycles. The Hall–Kier alpha value is -3.39. The van der Waals surface area contributed by atoms with Crippen LogP contribution in [0.25, 0.3) is 22.8 Å². The molecule has 3 aromatic rings. The van der Waals surface area contributed by atoms with Crippen molar-refractivity contribution in [3.05, 3.63) is 48.5 Å². The molecule has 0 aliphatic heterocycles. The summed E-state index contributed by atoms with van der Waals surface area (Å²) in [4.78, 5) is 16.2. The zero-order valence-electron chi connectivity index (χ0n) is 15.7. The molecule has 0 aliphatic carbocycles. The lowest BCUT2D eigenvalue weighted by atomic mass is 10.2. The first-order valence-corrected chi connectivity index (χ1v) is 8.67. The molecule has 1 amide bonds. The first-order chi connectivity index (χ1) is 13.7. The molecule has 2 aromatic carbocycles. The number of aromatic nitrogens is 2. The molecule has 8 heteroatoms. The number of rotatable bonds is 9. The maximum absolute atomic E-state index is 11.8. The molecular weight excluding hydrogens is 362 g/mol. The second-order valence-electron chi connectivity index (χ2n) is 5.79. The van der Waals surface area contributed by atoms with Crippen LogP contribution in [0.15, 0.2) is 53.1 Å². The maximum Gasteiger partial charge on any atom is 0.258 e. The maximum atomic E-state index is 11.8. The number of amides is 1. The quantitative estimate of drug-likeness (QED) is 0.567. The van der Waals surface area contributed by atoms with Crippen LogP contribution in [0.5, 0.6) is 11.5 Å². The second-order valence-corrected chi connectivity index (χ2v) is 5.79. The second kappa shape index (κ2) is 9.52. The number of carbonyl (C=O) groups is 1. The van der Waals surface area contributed by atoms with E-state index < -0.39 is 0 Å². The molecule has 0 fully saturated rings. The molecule has 28 heavy (non-hydrogen) atoms. The van der Waals surface area contributed by atoms with Crippen LogP contribution < -0.4 is 14.8 Å². The number of carbonyl (C=O) groups excluding carboxylic acids is 1. The normalized spacial score (nSPS) is 10.5. The standard InChI is InChI=1S/C20H21N3O5/c1-25-11-10-21-18(24)13-27-16-9-8-15(12-17(16)26-2)19-22-20(28-23-19)14-6-4-3-5-7-14/h3-9,12H,10-11,13H2,1-2H3,(H,21,24). The van der Waals surface area contributed by atoms with Crippen LogP contribution in [-0.2, 0) is 9.53 Å². The minimum absolute atomic E-state index is 0.125. The number of nitrogens with zero attached hydrogens (tertiary/aromatic N) is 2. The number of nitrogens with one attached hydrogen (secondary N) is 1. The van der Waals surface area contributed by atoms with Crippen LogP contribution in [0, 0.1) is 0 Å². The third-order valence-corrected chi connectivity index (χ3v) is 3.86. The van der Waals surface area contributed by atoms with E-state index in [2.05, 4.69) is 15.5 Å². The third-order valence-electron chi connectivity index (χ3n) is 3.86. The lowest BCUT2D eigenvalue weighted by Crippen LogP contribution is -2.31. The Labute approximate surface area is 162 Å². The molecular formula is C20H21N3O5. The zero-order chi connectivity index (χ0) is 19.8. The van der Waals surface area contributed by atoms with Crippen LogP contribution in [0.2, 0.25) is 0 Å². The van der Waals surface area contributed by atoms with Crippen LogP contribution in [-0.4, -0.2) is 50.0 Å². The molecule has 0 saturated carbocycles. The molecule has 0 aliphatic rings. The predicted molar refractivity (Wildman–Crippen MR) is 102 cm³/mol. The Bertz CT molecular complexity index is 911. The summed E-state index contributed by atoms with van der Waals surface area (Å²) in [7, 11) is 3.10. The van der Waals surface area contributed by atoms with Gasteiger partial charge >= 0.3 is 0 Å². The van der Waals surface area contributed by atoms with Crippen molar-refractivity contribution in [2.45, 2.75) is 0 Å². The van der Waals surface area contributed by atoms with Gasteiger partial charge in [0.25, 0.3) is 11.8 Å². The molecule has 1 N–H and O–H groups in total. The van der Waals surface area contributed by atoms with Gasteiger partial charge in [0.05, 0.1) is 13.7 Å². The van der Waals surface area contributed by atoms with E-state index in [1.165, 1.54) is 7.11 Å². The summed E-state index contributed by atoms with van der Waals surface area (Å²) in [6.07, 6.45) is 0. The molecule has 0 radical (unpaired) electrons. The summed E-state index contributed by atoms with van der Waals surface area (Å²) in [6, 6.07) is 14.7. The fraction of sp³-hybridized carbons (Fsp3) is 0.250. The van der Waals surface area contributed by atoms with Gasteiger partial charge in [0.2, 0.25) is 5.82 Å². The summed E-state index contributed by atoms with van der Waals surface area (Å²) in [5.74, 6) is 1.53. The van der Waals surface area contributed by atoms with Crippen LogP contribution >= 0.6 is 0 Å². The van der Waals surface area contributed by atoms with Gasteiger partial charge in [-0.3, -0.25) is 4.79 Å². The minimum atomic E-state index is -0.242. The molecule has 146 valence electrons. The highest BCUT2D eigenvalue weighted by Gasteiger charge is 2.14. The third kappa shape index (κ3) is 4.86. The van der Waals surface area contributed by atoms with Crippen molar-refractivity contribution < 1.29 is 23.5 Å². The average Bonchev–Trinajstić information content (AvgIpc) is 3.23. The Morgan fingerprint density at radius 2 is 1.89 bits per heavy atom. The number of methoxy groups -OCH3 is 2. The van der Waals surface area contributed by atoms with E-state index in [0.717, 1.165) is 5.56 Å². The average molecular weight is 383 g/mol. The lowest BCUT2D eigenvalue weighted by molar-refractivity contribution is -0.123. The monoisotopic (exact) mass is 383 g/mol. The van der Waals surface area contributed by atoms with Crippen molar-refractivity contribution in [3.8, 4) is 34.3 Å². The van der Waals surface area contributed by atoms with Crippen LogP contribution in [0.4, 0.5) is 0 Å². The Balaban J connectivity index is 1.69. The van der Waals surface area contributed by atoms with Gasteiger partial charge in [-0.15, -0.1) is 0 Å². The Kier molecular flexibility index (Phi) is 6.59. The van der Waals surface area contributed by atoms with E-state index in [0.29, 0.717) is 41.9 Å². The minimum Gasteiger partial charge on any atom is -0.493 e. The van der Waals surface area contributed by atoms with E-state index in [4.69, 9.17) is 18.7 Å². The van der Waals surface area contributed by atoms with E-state index in [1.807, 2.05) is 30.3 Å². The van der Waals surface area contributed by atoms with Crippen molar-refractivity contribution in [2.24, 2.45) is 0 Å². The molecule has 0 spiro atoms. The summed E-state index contributed by atoms with van der Waals surface area (Å²) in [5, 5.41) is 6.71. The van der Waals surface area contributed by atoms with E-state index in [-0.39, 0.29) is 12.5 Å². The molecule has 0 atom stereocenters. The highest BCUT2D eigenvalue weighted by molar-refractivity contribution is 5.77. The van der Waals surface area contributed by atoms with Gasteiger partial charge in [0.1, 0.15) is 0 Å². The van der Waals surface area contributed by atoms with Gasteiger partial charge < -0.3 is 24.1 Å². The van der Waals surface area contributed by atoms with E-state index in [1.54, 1.807) is 25.3 Å². The molecule has 0 unspecified atom stereocenters. The van der Waals surface area contributed by atoms with Gasteiger partial charge in [-0.1, -0.05) is 23.4 Å². The van der Waals surface area contributed by atoms with Crippen molar-refractivity contribution in [1.82, 2.24) is 15.5 Å². The summed E-state index contributed by atoms with van der Waals surface area (Å²) < 4.78 is 21.1. The highest BCUT2D eigenvalue weighted by atomic mass is 16.5. The molecule has 0 saturated heterocycles. The first kappa shape index (κ1) is 19.4.